The first-order valence-corrected chi connectivity index (χ1v) is 12.2. The van der Waals surface area contributed by atoms with Crippen molar-refractivity contribution < 1.29 is 19.0 Å². The monoisotopic (exact) mass is 421 g/mol. The van der Waals surface area contributed by atoms with Crippen LogP contribution in [0.15, 0.2) is 12.1 Å². The van der Waals surface area contributed by atoms with E-state index in [9.17, 15) is 4.79 Å². The van der Waals surface area contributed by atoms with E-state index in [0.29, 0.717) is 17.1 Å². The van der Waals surface area contributed by atoms with Crippen molar-refractivity contribution in [3.63, 3.8) is 0 Å². The smallest absolute Gasteiger partial charge is 0.342 e. The maximum atomic E-state index is 12.3. The van der Waals surface area contributed by atoms with E-state index >= 15 is 0 Å². The van der Waals surface area contributed by atoms with E-state index in [4.69, 9.17) is 14.2 Å². The average molecular weight is 422 g/mol. The second-order valence-electron chi connectivity index (χ2n) is 7.91. The van der Waals surface area contributed by atoms with E-state index in [0.717, 1.165) is 17.7 Å². The van der Waals surface area contributed by atoms with Gasteiger partial charge in [-0.05, 0) is 69.3 Å². The van der Waals surface area contributed by atoms with Gasteiger partial charge >= 0.3 is 5.97 Å². The normalized spacial score (nSPS) is 19.1. The van der Waals surface area contributed by atoms with E-state index in [2.05, 4.69) is 4.90 Å². The minimum atomic E-state index is -0.289. The lowest BCUT2D eigenvalue weighted by molar-refractivity contribution is 0.0379. The molecule has 0 amide bonds. The largest absolute Gasteiger partial charge is 0.497 e. The molecule has 0 spiro atoms. The molecule has 29 heavy (non-hydrogen) atoms. The summed E-state index contributed by atoms with van der Waals surface area (Å²) in [5, 5.41) is 0. The third-order valence-electron chi connectivity index (χ3n) is 5.85. The molecule has 2 heterocycles. The molecule has 0 N–H and O–H groups in total. The Morgan fingerprint density at radius 3 is 2.59 bits per heavy atom. The molecule has 2 aliphatic rings. The van der Waals surface area contributed by atoms with Crippen molar-refractivity contribution >= 4 is 17.7 Å². The molecule has 0 aromatic heterocycles. The van der Waals surface area contributed by atoms with Gasteiger partial charge in [-0.2, -0.15) is 11.8 Å². The molecule has 0 saturated carbocycles. The molecule has 162 valence electrons. The highest BCUT2D eigenvalue weighted by molar-refractivity contribution is 7.99. The van der Waals surface area contributed by atoms with Crippen LogP contribution in [0.5, 0.6) is 11.5 Å². The summed E-state index contributed by atoms with van der Waals surface area (Å²) in [4.78, 5) is 14.9. The van der Waals surface area contributed by atoms with Gasteiger partial charge in [0.25, 0.3) is 0 Å². The molecule has 3 rings (SSSR count). The van der Waals surface area contributed by atoms with E-state index in [1.807, 2.05) is 17.8 Å². The fraction of sp³-hybridized carbons (Fsp3) is 0.696. The first-order valence-electron chi connectivity index (χ1n) is 11.0. The third-order valence-corrected chi connectivity index (χ3v) is 6.95. The lowest BCUT2D eigenvalue weighted by atomic mass is 10.0. The molecule has 1 aromatic carbocycles. The van der Waals surface area contributed by atoms with Crippen LogP contribution >= 0.6 is 11.8 Å². The van der Waals surface area contributed by atoms with E-state index in [1.165, 1.54) is 70.3 Å². The van der Waals surface area contributed by atoms with Crippen molar-refractivity contribution in [2.75, 3.05) is 45.4 Å². The predicted molar refractivity (Wildman–Crippen MR) is 118 cm³/mol. The Labute approximate surface area is 179 Å². The molecule has 1 fully saturated rings. The molecular weight excluding hydrogens is 386 g/mol. The zero-order valence-corrected chi connectivity index (χ0v) is 18.7. The zero-order valence-electron chi connectivity index (χ0n) is 17.9. The minimum absolute atomic E-state index is 0.196. The lowest BCUT2D eigenvalue weighted by Crippen LogP contribution is -2.30. The van der Waals surface area contributed by atoms with Crippen LogP contribution < -0.4 is 9.47 Å². The van der Waals surface area contributed by atoms with Gasteiger partial charge in [0.05, 0.1) is 14.2 Å². The number of hydrogen-bond donors (Lipinski definition) is 0. The quantitative estimate of drug-likeness (QED) is 0.346. The molecular formula is C23H35NO4S. The summed E-state index contributed by atoms with van der Waals surface area (Å²) >= 11 is 1.96. The molecule has 1 unspecified atom stereocenters. The number of unbranched alkanes of at least 4 members (excludes halogenated alkanes) is 3. The highest BCUT2D eigenvalue weighted by Gasteiger charge is 2.34. The van der Waals surface area contributed by atoms with Crippen LogP contribution in [0.25, 0.3) is 0 Å². The SMILES string of the molecule is COc1cc(OC)c2c(c1)C(CCSCCCCCCN1CCCCC1)OC2=O. The summed E-state index contributed by atoms with van der Waals surface area (Å²) < 4.78 is 16.3. The fourth-order valence-electron chi connectivity index (χ4n) is 4.20. The van der Waals surface area contributed by atoms with Gasteiger partial charge in [0.1, 0.15) is 23.2 Å². The van der Waals surface area contributed by atoms with Crippen molar-refractivity contribution in [2.24, 2.45) is 0 Å². The highest BCUT2D eigenvalue weighted by Crippen LogP contribution is 2.41. The Morgan fingerprint density at radius 2 is 1.83 bits per heavy atom. The number of thioether (sulfide) groups is 1. The summed E-state index contributed by atoms with van der Waals surface area (Å²) in [7, 11) is 3.19. The maximum absolute atomic E-state index is 12.3. The number of ether oxygens (including phenoxy) is 3. The van der Waals surface area contributed by atoms with Crippen molar-refractivity contribution in [3.8, 4) is 11.5 Å². The van der Waals surface area contributed by atoms with Gasteiger partial charge in [-0.1, -0.05) is 19.3 Å². The van der Waals surface area contributed by atoms with Gasteiger partial charge in [-0.25, -0.2) is 4.79 Å². The molecule has 1 aromatic rings. The first-order chi connectivity index (χ1) is 14.2. The number of likely N-dealkylation sites (tertiary alicyclic amines) is 1. The molecule has 1 atom stereocenters. The number of cyclic esters (lactones) is 1. The number of hydrogen-bond acceptors (Lipinski definition) is 6. The Morgan fingerprint density at radius 1 is 1.03 bits per heavy atom. The average Bonchev–Trinajstić information content (AvgIpc) is 3.08. The number of methoxy groups -OCH3 is 2. The summed E-state index contributed by atoms with van der Waals surface area (Å²) in [6, 6.07) is 3.64. The van der Waals surface area contributed by atoms with Crippen molar-refractivity contribution in [1.29, 1.82) is 0 Å². The highest BCUT2D eigenvalue weighted by atomic mass is 32.2. The van der Waals surface area contributed by atoms with Crippen LogP contribution in [0.2, 0.25) is 0 Å². The fourth-order valence-corrected chi connectivity index (χ4v) is 5.19. The molecule has 0 bridgehead atoms. The molecule has 1 saturated heterocycles. The summed E-state index contributed by atoms with van der Waals surface area (Å²) in [5.74, 6) is 3.11. The topological polar surface area (TPSA) is 48.0 Å². The van der Waals surface area contributed by atoms with Crippen LogP contribution in [-0.2, 0) is 4.74 Å². The Hall–Kier alpha value is -1.40. The predicted octanol–water partition coefficient (Wildman–Crippen LogP) is 5.08. The van der Waals surface area contributed by atoms with Crippen molar-refractivity contribution in [2.45, 2.75) is 57.5 Å². The van der Waals surface area contributed by atoms with E-state index in [-0.39, 0.29) is 12.1 Å². The maximum Gasteiger partial charge on any atom is 0.342 e. The van der Waals surface area contributed by atoms with Gasteiger partial charge in [0, 0.05) is 11.6 Å². The summed E-state index contributed by atoms with van der Waals surface area (Å²) in [6.07, 6.45) is 10.1. The zero-order chi connectivity index (χ0) is 20.5. The van der Waals surface area contributed by atoms with Gasteiger partial charge in [-0.3, -0.25) is 0 Å². The molecule has 6 heteroatoms. The van der Waals surface area contributed by atoms with Crippen molar-refractivity contribution in [1.82, 2.24) is 4.90 Å². The lowest BCUT2D eigenvalue weighted by Gasteiger charge is -2.26. The number of carbonyl (C=O) groups excluding carboxylic acids is 1. The number of benzene rings is 1. The number of carbonyl (C=O) groups is 1. The Kier molecular flexibility index (Phi) is 8.99. The summed E-state index contributed by atoms with van der Waals surface area (Å²) in [5.41, 5.74) is 1.45. The first kappa shape index (κ1) is 22.3. The van der Waals surface area contributed by atoms with Crippen LogP contribution in [0.1, 0.15) is 73.4 Å². The summed E-state index contributed by atoms with van der Waals surface area (Å²) in [6.45, 7) is 3.90. The Bertz CT molecular complexity index is 661. The van der Waals surface area contributed by atoms with Gasteiger partial charge in [-0.15, -0.1) is 0 Å². The second kappa shape index (κ2) is 11.7. The van der Waals surface area contributed by atoms with Crippen LogP contribution in [0, 0.1) is 0 Å². The second-order valence-corrected chi connectivity index (χ2v) is 9.13. The number of rotatable bonds is 12. The number of piperidine rings is 1. The van der Waals surface area contributed by atoms with E-state index in [1.54, 1.807) is 20.3 Å². The van der Waals surface area contributed by atoms with Crippen LogP contribution in [-0.4, -0.2) is 56.2 Å². The third kappa shape index (κ3) is 6.29. The van der Waals surface area contributed by atoms with Gasteiger partial charge in [0.15, 0.2) is 0 Å². The van der Waals surface area contributed by atoms with Gasteiger partial charge in [0.2, 0.25) is 0 Å². The van der Waals surface area contributed by atoms with E-state index < -0.39 is 0 Å². The minimum Gasteiger partial charge on any atom is -0.497 e. The molecule has 2 aliphatic heterocycles. The van der Waals surface area contributed by atoms with Crippen LogP contribution in [0.3, 0.4) is 0 Å². The number of fused-ring (bicyclic) bond motifs is 1. The standard InChI is InChI=1S/C23H35NO4S/c1-26-18-16-19-20(28-23(25)22(19)21(17-18)27-2)10-15-29-14-9-4-3-6-11-24-12-7-5-8-13-24/h16-17,20H,3-15H2,1-2H3. The number of nitrogens with zero attached hydrogens (tertiary/aromatic N) is 1. The van der Waals surface area contributed by atoms with Gasteiger partial charge < -0.3 is 19.1 Å². The molecule has 0 radical (unpaired) electrons. The molecule has 5 nitrogen and oxygen atoms in total. The molecule has 0 aliphatic carbocycles. The Balaban J connectivity index is 1.31. The van der Waals surface area contributed by atoms with Crippen molar-refractivity contribution in [3.05, 3.63) is 23.3 Å². The number of esters is 1. The van der Waals surface area contributed by atoms with Crippen LogP contribution in [0.4, 0.5) is 0 Å².